The Bertz CT molecular complexity index is 320. The molecule has 1 aromatic rings. The fourth-order valence-electron chi connectivity index (χ4n) is 1.46. The summed E-state index contributed by atoms with van der Waals surface area (Å²) in [5.41, 5.74) is 2.36. The number of hydrogen-bond acceptors (Lipinski definition) is 2. The molecule has 0 radical (unpaired) electrons. The van der Waals surface area contributed by atoms with E-state index in [2.05, 4.69) is 13.0 Å². The number of aryl methyl sites for hydroxylation is 1. The Morgan fingerprint density at radius 2 is 2.00 bits per heavy atom. The molecule has 0 aliphatic carbocycles. The van der Waals surface area contributed by atoms with Gasteiger partial charge in [0.05, 0.1) is 6.10 Å². The van der Waals surface area contributed by atoms with E-state index in [0.29, 0.717) is 6.42 Å². The summed E-state index contributed by atoms with van der Waals surface area (Å²) >= 11 is 0. The zero-order valence-electron chi connectivity index (χ0n) is 9.95. The molecule has 0 aliphatic rings. The van der Waals surface area contributed by atoms with Crippen molar-refractivity contribution in [2.24, 2.45) is 0 Å². The maximum atomic E-state index is 9.62. The van der Waals surface area contributed by atoms with E-state index in [4.69, 9.17) is 4.74 Å². The van der Waals surface area contributed by atoms with Crippen molar-refractivity contribution >= 4 is 0 Å². The van der Waals surface area contributed by atoms with Gasteiger partial charge in [-0.2, -0.15) is 0 Å². The zero-order valence-corrected chi connectivity index (χ0v) is 9.95. The average molecular weight is 208 g/mol. The van der Waals surface area contributed by atoms with Crippen molar-refractivity contribution in [2.75, 3.05) is 0 Å². The summed E-state index contributed by atoms with van der Waals surface area (Å²) in [5.74, 6) is 0.870. The number of rotatable bonds is 4. The highest BCUT2D eigenvalue weighted by molar-refractivity contribution is 5.38. The number of benzene rings is 1. The van der Waals surface area contributed by atoms with Crippen LogP contribution in [0.1, 0.15) is 31.4 Å². The van der Waals surface area contributed by atoms with Crippen LogP contribution in [0.3, 0.4) is 0 Å². The molecule has 1 aromatic carbocycles. The predicted molar refractivity (Wildman–Crippen MR) is 62.3 cm³/mol. The van der Waals surface area contributed by atoms with Gasteiger partial charge in [-0.15, -0.1) is 0 Å². The van der Waals surface area contributed by atoms with Crippen molar-refractivity contribution in [1.82, 2.24) is 0 Å². The fraction of sp³-hybridized carbons (Fsp3) is 0.538. The second-order valence-corrected chi connectivity index (χ2v) is 4.00. The first kappa shape index (κ1) is 12.1. The molecule has 2 heteroatoms. The van der Waals surface area contributed by atoms with Gasteiger partial charge >= 0.3 is 0 Å². The molecule has 15 heavy (non-hydrogen) atoms. The van der Waals surface area contributed by atoms with Gasteiger partial charge < -0.3 is 9.84 Å². The summed E-state index contributed by atoms with van der Waals surface area (Å²) in [5, 5.41) is 9.62. The fourth-order valence-corrected chi connectivity index (χ4v) is 1.46. The van der Waals surface area contributed by atoms with E-state index in [1.807, 2.05) is 32.9 Å². The second-order valence-electron chi connectivity index (χ2n) is 4.00. The van der Waals surface area contributed by atoms with Crippen LogP contribution in [0.15, 0.2) is 18.2 Å². The van der Waals surface area contributed by atoms with Crippen LogP contribution >= 0.6 is 0 Å². The molecule has 1 N–H and O–H groups in total. The van der Waals surface area contributed by atoms with Gasteiger partial charge in [-0.1, -0.05) is 19.1 Å². The van der Waals surface area contributed by atoms with Crippen LogP contribution in [0.5, 0.6) is 5.75 Å². The summed E-state index contributed by atoms with van der Waals surface area (Å²) in [6.45, 7) is 7.95. The monoisotopic (exact) mass is 208 g/mol. The van der Waals surface area contributed by atoms with Gasteiger partial charge in [0.1, 0.15) is 11.9 Å². The molecule has 2 atom stereocenters. The average Bonchev–Trinajstić information content (AvgIpc) is 2.23. The van der Waals surface area contributed by atoms with Gasteiger partial charge in [-0.25, -0.2) is 0 Å². The van der Waals surface area contributed by atoms with Gasteiger partial charge in [0.2, 0.25) is 0 Å². The molecule has 0 aromatic heterocycles. The maximum Gasteiger partial charge on any atom is 0.123 e. The third kappa shape index (κ3) is 2.96. The quantitative estimate of drug-likeness (QED) is 0.824. The van der Waals surface area contributed by atoms with Crippen LogP contribution in [0.4, 0.5) is 0 Å². The first-order chi connectivity index (χ1) is 7.06. The summed E-state index contributed by atoms with van der Waals surface area (Å²) in [6.07, 6.45) is 0.159. The minimum absolute atomic E-state index is 0.157. The van der Waals surface area contributed by atoms with Crippen molar-refractivity contribution in [2.45, 2.75) is 46.3 Å². The highest BCUT2D eigenvalue weighted by Gasteiger charge is 2.14. The SMILES string of the molecule is CCC(O)C(C)Oc1cccc(C)c1C. The van der Waals surface area contributed by atoms with Gasteiger partial charge in [-0.05, 0) is 44.4 Å². The summed E-state index contributed by atoms with van der Waals surface area (Å²) in [4.78, 5) is 0. The zero-order chi connectivity index (χ0) is 11.4. The van der Waals surface area contributed by atoms with E-state index in [-0.39, 0.29) is 6.10 Å². The smallest absolute Gasteiger partial charge is 0.123 e. The standard InChI is InChI=1S/C13H20O2/c1-5-12(14)11(4)15-13-8-6-7-9(2)10(13)3/h6-8,11-12,14H,5H2,1-4H3. The van der Waals surface area contributed by atoms with Crippen molar-refractivity contribution < 1.29 is 9.84 Å². The number of aliphatic hydroxyl groups is 1. The van der Waals surface area contributed by atoms with Crippen LogP contribution in [0.2, 0.25) is 0 Å². The van der Waals surface area contributed by atoms with E-state index in [0.717, 1.165) is 11.3 Å². The molecular formula is C13H20O2. The molecule has 0 fully saturated rings. The lowest BCUT2D eigenvalue weighted by atomic mass is 10.1. The molecule has 2 nitrogen and oxygen atoms in total. The molecule has 2 unspecified atom stereocenters. The van der Waals surface area contributed by atoms with E-state index >= 15 is 0 Å². The molecule has 0 bridgehead atoms. The maximum absolute atomic E-state index is 9.62. The minimum atomic E-state index is -0.398. The Morgan fingerprint density at radius 1 is 1.33 bits per heavy atom. The highest BCUT2D eigenvalue weighted by Crippen LogP contribution is 2.22. The molecular weight excluding hydrogens is 188 g/mol. The Hall–Kier alpha value is -1.02. The minimum Gasteiger partial charge on any atom is -0.488 e. The number of aliphatic hydroxyl groups excluding tert-OH is 1. The van der Waals surface area contributed by atoms with Crippen LogP contribution in [0, 0.1) is 13.8 Å². The second kappa shape index (κ2) is 5.17. The van der Waals surface area contributed by atoms with Crippen molar-refractivity contribution in [3.8, 4) is 5.75 Å². The first-order valence-electron chi connectivity index (χ1n) is 5.47. The first-order valence-corrected chi connectivity index (χ1v) is 5.47. The van der Waals surface area contributed by atoms with Crippen molar-refractivity contribution in [3.63, 3.8) is 0 Å². The van der Waals surface area contributed by atoms with Gasteiger partial charge in [0, 0.05) is 0 Å². The third-order valence-corrected chi connectivity index (χ3v) is 2.83. The van der Waals surface area contributed by atoms with Crippen molar-refractivity contribution in [3.05, 3.63) is 29.3 Å². The van der Waals surface area contributed by atoms with Crippen LogP contribution < -0.4 is 4.74 Å². The van der Waals surface area contributed by atoms with E-state index in [9.17, 15) is 5.11 Å². The Balaban J connectivity index is 2.76. The largest absolute Gasteiger partial charge is 0.488 e. The molecule has 1 rings (SSSR count). The molecule has 0 aliphatic heterocycles. The molecule has 84 valence electrons. The van der Waals surface area contributed by atoms with E-state index in [1.165, 1.54) is 5.56 Å². The van der Waals surface area contributed by atoms with E-state index in [1.54, 1.807) is 0 Å². The number of hydrogen-bond donors (Lipinski definition) is 1. The summed E-state index contributed by atoms with van der Waals surface area (Å²) < 4.78 is 5.73. The Labute approximate surface area is 91.9 Å². The highest BCUT2D eigenvalue weighted by atomic mass is 16.5. The normalized spacial score (nSPS) is 14.7. The van der Waals surface area contributed by atoms with Gasteiger partial charge in [0.15, 0.2) is 0 Å². The molecule has 0 saturated heterocycles. The predicted octanol–water partition coefficient (Wildman–Crippen LogP) is 2.84. The molecule has 0 amide bonds. The van der Waals surface area contributed by atoms with Crippen LogP contribution in [-0.4, -0.2) is 17.3 Å². The third-order valence-electron chi connectivity index (χ3n) is 2.83. The number of ether oxygens (including phenoxy) is 1. The summed E-state index contributed by atoms with van der Waals surface area (Å²) in [7, 11) is 0. The van der Waals surface area contributed by atoms with Crippen LogP contribution in [0.25, 0.3) is 0 Å². The molecule has 0 spiro atoms. The molecule has 0 heterocycles. The van der Waals surface area contributed by atoms with Crippen molar-refractivity contribution in [1.29, 1.82) is 0 Å². The van der Waals surface area contributed by atoms with Crippen LogP contribution in [-0.2, 0) is 0 Å². The Morgan fingerprint density at radius 3 is 2.60 bits per heavy atom. The van der Waals surface area contributed by atoms with Gasteiger partial charge in [0.25, 0.3) is 0 Å². The summed E-state index contributed by atoms with van der Waals surface area (Å²) in [6, 6.07) is 5.98. The Kier molecular flexibility index (Phi) is 4.15. The van der Waals surface area contributed by atoms with E-state index < -0.39 is 6.10 Å². The topological polar surface area (TPSA) is 29.5 Å². The lowest BCUT2D eigenvalue weighted by Gasteiger charge is -2.21. The lowest BCUT2D eigenvalue weighted by molar-refractivity contribution is 0.0447. The molecule has 0 saturated carbocycles. The lowest BCUT2D eigenvalue weighted by Crippen LogP contribution is -2.28. The van der Waals surface area contributed by atoms with Gasteiger partial charge in [-0.3, -0.25) is 0 Å².